The second-order valence-corrected chi connectivity index (χ2v) is 3.90. The first-order valence-corrected chi connectivity index (χ1v) is 4.97. The summed E-state index contributed by atoms with van der Waals surface area (Å²) >= 11 is 0. The van der Waals surface area contributed by atoms with Gasteiger partial charge in [0.15, 0.2) is 0 Å². The Balaban J connectivity index is 2.20. The largest absolute Gasteiger partial charge is 0.393 e. The summed E-state index contributed by atoms with van der Waals surface area (Å²) in [5, 5.41) is 18.2. The second kappa shape index (κ2) is 3.81. The van der Waals surface area contributed by atoms with Crippen LogP contribution in [0.5, 0.6) is 0 Å². The standard InChI is InChI=1S/C12H13NO/c13-8-9-2-1-3-10(6-9)11-4-5-12(14)7-11/h1-3,6,11-12,14H,4-5,7H2/t11-,12-/m1/s1. The molecule has 0 saturated heterocycles. The van der Waals surface area contributed by atoms with Gasteiger partial charge in [0.05, 0.1) is 17.7 Å². The van der Waals surface area contributed by atoms with E-state index in [0.29, 0.717) is 11.5 Å². The summed E-state index contributed by atoms with van der Waals surface area (Å²) in [6, 6.07) is 9.85. The number of benzene rings is 1. The van der Waals surface area contributed by atoms with Gasteiger partial charge >= 0.3 is 0 Å². The molecule has 2 rings (SSSR count). The fourth-order valence-corrected chi connectivity index (χ4v) is 2.12. The van der Waals surface area contributed by atoms with Crippen molar-refractivity contribution in [1.82, 2.24) is 0 Å². The molecule has 14 heavy (non-hydrogen) atoms. The maximum atomic E-state index is 9.42. The highest BCUT2D eigenvalue weighted by Crippen LogP contribution is 2.34. The van der Waals surface area contributed by atoms with Crippen LogP contribution in [0.4, 0.5) is 0 Å². The molecular formula is C12H13NO. The van der Waals surface area contributed by atoms with Crippen LogP contribution in [0, 0.1) is 11.3 Å². The minimum Gasteiger partial charge on any atom is -0.393 e. The van der Waals surface area contributed by atoms with Crippen molar-refractivity contribution in [2.45, 2.75) is 31.3 Å². The smallest absolute Gasteiger partial charge is 0.0991 e. The van der Waals surface area contributed by atoms with Crippen LogP contribution in [-0.2, 0) is 0 Å². The second-order valence-electron chi connectivity index (χ2n) is 3.90. The maximum absolute atomic E-state index is 9.42. The van der Waals surface area contributed by atoms with Crippen molar-refractivity contribution >= 4 is 0 Å². The van der Waals surface area contributed by atoms with Crippen LogP contribution in [0.3, 0.4) is 0 Å². The zero-order valence-corrected chi connectivity index (χ0v) is 7.98. The van der Waals surface area contributed by atoms with E-state index in [9.17, 15) is 5.11 Å². The van der Waals surface area contributed by atoms with Crippen molar-refractivity contribution in [3.8, 4) is 6.07 Å². The van der Waals surface area contributed by atoms with Crippen LogP contribution < -0.4 is 0 Å². The van der Waals surface area contributed by atoms with Crippen LogP contribution in [0.1, 0.15) is 36.3 Å². The number of rotatable bonds is 1. The number of nitrogens with zero attached hydrogens (tertiary/aromatic N) is 1. The monoisotopic (exact) mass is 187 g/mol. The summed E-state index contributed by atoms with van der Waals surface area (Å²) in [7, 11) is 0. The molecule has 2 heteroatoms. The number of nitriles is 1. The predicted molar refractivity (Wildman–Crippen MR) is 53.8 cm³/mol. The van der Waals surface area contributed by atoms with E-state index in [4.69, 9.17) is 5.26 Å². The Morgan fingerprint density at radius 1 is 1.36 bits per heavy atom. The van der Waals surface area contributed by atoms with Crippen LogP contribution >= 0.6 is 0 Å². The van der Waals surface area contributed by atoms with E-state index < -0.39 is 0 Å². The average molecular weight is 187 g/mol. The Hall–Kier alpha value is -1.33. The molecule has 1 aromatic carbocycles. The van der Waals surface area contributed by atoms with Crippen molar-refractivity contribution in [2.75, 3.05) is 0 Å². The van der Waals surface area contributed by atoms with Crippen molar-refractivity contribution in [3.63, 3.8) is 0 Å². The van der Waals surface area contributed by atoms with E-state index in [1.807, 2.05) is 24.3 Å². The molecule has 0 heterocycles. The number of aliphatic hydroxyl groups is 1. The molecule has 0 aliphatic heterocycles. The van der Waals surface area contributed by atoms with E-state index in [0.717, 1.165) is 19.3 Å². The van der Waals surface area contributed by atoms with Crippen LogP contribution in [0.2, 0.25) is 0 Å². The molecule has 0 bridgehead atoms. The van der Waals surface area contributed by atoms with Gasteiger partial charge in [-0.25, -0.2) is 0 Å². The summed E-state index contributed by atoms with van der Waals surface area (Å²) in [4.78, 5) is 0. The van der Waals surface area contributed by atoms with Gasteiger partial charge in [0.1, 0.15) is 0 Å². The summed E-state index contributed by atoms with van der Waals surface area (Å²) in [5.74, 6) is 0.443. The van der Waals surface area contributed by atoms with Gasteiger partial charge in [0.2, 0.25) is 0 Å². The fraction of sp³-hybridized carbons (Fsp3) is 0.417. The molecule has 1 fully saturated rings. The van der Waals surface area contributed by atoms with E-state index >= 15 is 0 Å². The van der Waals surface area contributed by atoms with Crippen molar-refractivity contribution < 1.29 is 5.11 Å². The van der Waals surface area contributed by atoms with Crippen LogP contribution in [-0.4, -0.2) is 11.2 Å². The molecule has 2 nitrogen and oxygen atoms in total. The van der Waals surface area contributed by atoms with Crippen molar-refractivity contribution in [1.29, 1.82) is 5.26 Å². The highest BCUT2D eigenvalue weighted by atomic mass is 16.3. The van der Waals surface area contributed by atoms with Gasteiger partial charge in [-0.2, -0.15) is 5.26 Å². The average Bonchev–Trinajstić information content (AvgIpc) is 2.65. The molecular weight excluding hydrogens is 174 g/mol. The predicted octanol–water partition coefficient (Wildman–Crippen LogP) is 2.19. The van der Waals surface area contributed by atoms with Gasteiger partial charge in [-0.1, -0.05) is 12.1 Å². The van der Waals surface area contributed by atoms with E-state index in [-0.39, 0.29) is 6.10 Å². The fourth-order valence-electron chi connectivity index (χ4n) is 2.12. The molecule has 1 saturated carbocycles. The first-order chi connectivity index (χ1) is 6.79. The molecule has 1 aromatic rings. The van der Waals surface area contributed by atoms with Gasteiger partial charge in [-0.15, -0.1) is 0 Å². The molecule has 2 atom stereocenters. The minimum absolute atomic E-state index is 0.147. The van der Waals surface area contributed by atoms with E-state index in [1.165, 1.54) is 5.56 Å². The summed E-state index contributed by atoms with van der Waals surface area (Å²) in [6.07, 6.45) is 2.62. The lowest BCUT2D eigenvalue weighted by molar-refractivity contribution is 0.181. The van der Waals surface area contributed by atoms with Gasteiger partial charge in [0.25, 0.3) is 0 Å². The number of hydrogen-bond donors (Lipinski definition) is 1. The lowest BCUT2D eigenvalue weighted by atomic mass is 9.96. The molecule has 72 valence electrons. The Morgan fingerprint density at radius 3 is 2.86 bits per heavy atom. The quantitative estimate of drug-likeness (QED) is 0.732. The molecule has 0 spiro atoms. The third kappa shape index (κ3) is 1.78. The third-order valence-electron chi connectivity index (χ3n) is 2.89. The lowest BCUT2D eigenvalue weighted by Gasteiger charge is -2.09. The van der Waals surface area contributed by atoms with Crippen molar-refractivity contribution in [3.05, 3.63) is 35.4 Å². The molecule has 0 radical (unpaired) electrons. The summed E-state index contributed by atoms with van der Waals surface area (Å²) in [5.41, 5.74) is 1.91. The van der Waals surface area contributed by atoms with Crippen LogP contribution in [0.15, 0.2) is 24.3 Å². The highest BCUT2D eigenvalue weighted by Gasteiger charge is 2.23. The first-order valence-electron chi connectivity index (χ1n) is 4.97. The number of hydrogen-bond acceptors (Lipinski definition) is 2. The van der Waals surface area contributed by atoms with E-state index in [2.05, 4.69) is 6.07 Å². The Kier molecular flexibility index (Phi) is 2.51. The molecule has 0 unspecified atom stereocenters. The van der Waals surface area contributed by atoms with Gasteiger partial charge < -0.3 is 5.11 Å². The molecule has 1 aliphatic rings. The summed E-state index contributed by atoms with van der Waals surface area (Å²) < 4.78 is 0. The van der Waals surface area contributed by atoms with Crippen molar-refractivity contribution in [2.24, 2.45) is 0 Å². The Labute approximate surface area is 83.8 Å². The lowest BCUT2D eigenvalue weighted by Crippen LogP contribution is -1.99. The Morgan fingerprint density at radius 2 is 2.21 bits per heavy atom. The zero-order chi connectivity index (χ0) is 9.97. The zero-order valence-electron chi connectivity index (χ0n) is 7.98. The van der Waals surface area contributed by atoms with E-state index in [1.54, 1.807) is 0 Å². The van der Waals surface area contributed by atoms with Gasteiger partial charge in [0, 0.05) is 0 Å². The highest BCUT2D eigenvalue weighted by molar-refractivity contribution is 5.34. The molecule has 1 N–H and O–H groups in total. The molecule has 0 aromatic heterocycles. The summed E-state index contributed by atoms with van der Waals surface area (Å²) in [6.45, 7) is 0. The topological polar surface area (TPSA) is 44.0 Å². The van der Waals surface area contributed by atoms with Crippen LogP contribution in [0.25, 0.3) is 0 Å². The minimum atomic E-state index is -0.147. The maximum Gasteiger partial charge on any atom is 0.0991 e. The van der Waals surface area contributed by atoms with Gasteiger partial charge in [-0.3, -0.25) is 0 Å². The normalized spacial score (nSPS) is 26.0. The first kappa shape index (κ1) is 9.23. The Bertz CT molecular complexity index is 367. The van der Waals surface area contributed by atoms with Gasteiger partial charge in [-0.05, 0) is 42.9 Å². The SMILES string of the molecule is N#Cc1cccc([C@@H]2CC[C@@H](O)C2)c1. The molecule has 1 aliphatic carbocycles. The number of aliphatic hydroxyl groups excluding tert-OH is 1. The third-order valence-corrected chi connectivity index (χ3v) is 2.89. The molecule has 0 amide bonds.